The van der Waals surface area contributed by atoms with Crippen LogP contribution in [0.15, 0.2) is 41.5 Å². The van der Waals surface area contributed by atoms with E-state index in [0.29, 0.717) is 6.54 Å². The quantitative estimate of drug-likeness (QED) is 0.882. The number of nitrogens with zero attached hydrogens (tertiary/aromatic N) is 2. The smallest absolute Gasteiger partial charge is 0.253 e. The summed E-state index contributed by atoms with van der Waals surface area (Å²) in [5.41, 5.74) is 1.82. The van der Waals surface area contributed by atoms with Gasteiger partial charge in [-0.25, -0.2) is 4.98 Å². The number of nitrogens with one attached hydrogen (secondary N) is 1. The van der Waals surface area contributed by atoms with Crippen LogP contribution >= 0.6 is 0 Å². The van der Waals surface area contributed by atoms with Crippen LogP contribution in [0.3, 0.4) is 0 Å². The molecule has 2 rings (SSSR count). The molecule has 1 unspecified atom stereocenters. The molecule has 1 N–H and O–H groups in total. The van der Waals surface area contributed by atoms with Crippen LogP contribution < -0.4 is 15.6 Å². The molecule has 5 nitrogen and oxygen atoms in total. The highest BCUT2D eigenvalue weighted by Crippen LogP contribution is 2.18. The standard InChI is InChI=1S/C16H21N3O2/c1-4-17-15(13-5-7-14(21-3)8-6-13)10-19-11-18-12(2)9-16(19)20/h5-9,11,15,17H,4,10H2,1-3H3. The third-order valence-corrected chi connectivity index (χ3v) is 3.36. The average Bonchev–Trinajstić information content (AvgIpc) is 2.49. The highest BCUT2D eigenvalue weighted by atomic mass is 16.5. The molecule has 0 aliphatic carbocycles. The Balaban J connectivity index is 2.23. The molecular weight excluding hydrogens is 266 g/mol. The average molecular weight is 287 g/mol. The van der Waals surface area contributed by atoms with Crippen molar-refractivity contribution in [2.45, 2.75) is 26.4 Å². The molecule has 112 valence electrons. The van der Waals surface area contributed by atoms with E-state index in [1.165, 1.54) is 0 Å². The Labute approximate surface area is 124 Å². The molecule has 0 aliphatic heterocycles. The van der Waals surface area contributed by atoms with Gasteiger partial charge < -0.3 is 10.1 Å². The third kappa shape index (κ3) is 3.92. The number of likely N-dealkylation sites (N-methyl/N-ethyl adjacent to an activating group) is 1. The summed E-state index contributed by atoms with van der Waals surface area (Å²) < 4.78 is 6.80. The van der Waals surface area contributed by atoms with Crippen LogP contribution in [0.25, 0.3) is 0 Å². The van der Waals surface area contributed by atoms with Crippen LogP contribution in [-0.2, 0) is 6.54 Å². The number of aromatic nitrogens is 2. The fourth-order valence-corrected chi connectivity index (χ4v) is 2.22. The van der Waals surface area contributed by atoms with Crippen LogP contribution in [-0.4, -0.2) is 23.2 Å². The van der Waals surface area contributed by atoms with Crippen LogP contribution in [0.5, 0.6) is 5.75 Å². The number of ether oxygens (including phenoxy) is 1. The summed E-state index contributed by atoms with van der Waals surface area (Å²) in [6, 6.07) is 9.49. The molecule has 1 aromatic carbocycles. The summed E-state index contributed by atoms with van der Waals surface area (Å²) in [6.07, 6.45) is 1.60. The van der Waals surface area contributed by atoms with E-state index in [2.05, 4.69) is 10.3 Å². The second-order valence-corrected chi connectivity index (χ2v) is 4.90. The van der Waals surface area contributed by atoms with Gasteiger partial charge in [0.25, 0.3) is 5.56 Å². The SMILES string of the molecule is CCNC(Cn1cnc(C)cc1=O)c1ccc(OC)cc1. The van der Waals surface area contributed by atoms with Gasteiger partial charge in [-0.15, -0.1) is 0 Å². The molecule has 0 aliphatic rings. The lowest BCUT2D eigenvalue weighted by Crippen LogP contribution is -2.30. The van der Waals surface area contributed by atoms with Crippen molar-refractivity contribution in [1.29, 1.82) is 0 Å². The molecule has 2 aromatic rings. The second kappa shape index (κ2) is 7.04. The summed E-state index contributed by atoms with van der Waals surface area (Å²) >= 11 is 0. The monoisotopic (exact) mass is 287 g/mol. The van der Waals surface area contributed by atoms with E-state index in [1.807, 2.05) is 38.1 Å². The number of hydrogen-bond acceptors (Lipinski definition) is 4. The number of rotatable bonds is 6. The zero-order valence-corrected chi connectivity index (χ0v) is 12.7. The van der Waals surface area contributed by atoms with Crippen molar-refractivity contribution in [3.8, 4) is 5.75 Å². The maximum Gasteiger partial charge on any atom is 0.253 e. The maximum atomic E-state index is 12.0. The Morgan fingerprint density at radius 3 is 2.62 bits per heavy atom. The van der Waals surface area contributed by atoms with E-state index in [4.69, 9.17) is 4.74 Å². The molecule has 0 bridgehead atoms. The van der Waals surface area contributed by atoms with E-state index in [-0.39, 0.29) is 11.6 Å². The zero-order valence-electron chi connectivity index (χ0n) is 12.7. The van der Waals surface area contributed by atoms with E-state index in [1.54, 1.807) is 24.1 Å². The van der Waals surface area contributed by atoms with Crippen molar-refractivity contribution < 1.29 is 4.74 Å². The first-order chi connectivity index (χ1) is 10.1. The van der Waals surface area contributed by atoms with Crippen molar-refractivity contribution in [3.63, 3.8) is 0 Å². The molecule has 21 heavy (non-hydrogen) atoms. The summed E-state index contributed by atoms with van der Waals surface area (Å²) in [7, 11) is 1.65. The largest absolute Gasteiger partial charge is 0.497 e. The topological polar surface area (TPSA) is 56.2 Å². The van der Waals surface area contributed by atoms with Crippen molar-refractivity contribution in [1.82, 2.24) is 14.9 Å². The molecule has 1 aromatic heterocycles. The number of hydrogen-bond donors (Lipinski definition) is 1. The minimum Gasteiger partial charge on any atom is -0.497 e. The molecule has 0 spiro atoms. The highest BCUT2D eigenvalue weighted by molar-refractivity contribution is 5.29. The summed E-state index contributed by atoms with van der Waals surface area (Å²) in [5, 5.41) is 3.40. The lowest BCUT2D eigenvalue weighted by atomic mass is 10.1. The molecular formula is C16H21N3O2. The van der Waals surface area contributed by atoms with Crippen LogP contribution in [0.2, 0.25) is 0 Å². The highest BCUT2D eigenvalue weighted by Gasteiger charge is 2.12. The molecule has 1 atom stereocenters. The van der Waals surface area contributed by atoms with Crippen molar-refractivity contribution in [3.05, 3.63) is 58.3 Å². The van der Waals surface area contributed by atoms with Crippen LogP contribution in [0.4, 0.5) is 0 Å². The molecule has 0 amide bonds. The minimum atomic E-state index is -0.0288. The van der Waals surface area contributed by atoms with Gasteiger partial charge >= 0.3 is 0 Å². The summed E-state index contributed by atoms with van der Waals surface area (Å²) in [6.45, 7) is 5.24. The fourth-order valence-electron chi connectivity index (χ4n) is 2.22. The lowest BCUT2D eigenvalue weighted by molar-refractivity contribution is 0.413. The van der Waals surface area contributed by atoms with Crippen molar-refractivity contribution in [2.75, 3.05) is 13.7 Å². The Morgan fingerprint density at radius 1 is 1.33 bits per heavy atom. The Bertz CT molecular complexity index is 635. The Hall–Kier alpha value is -2.14. The molecule has 5 heteroatoms. The Morgan fingerprint density at radius 2 is 2.05 bits per heavy atom. The lowest BCUT2D eigenvalue weighted by Gasteiger charge is -2.19. The number of methoxy groups -OCH3 is 1. The van der Waals surface area contributed by atoms with Crippen LogP contribution in [0, 0.1) is 6.92 Å². The van der Waals surface area contributed by atoms with E-state index in [0.717, 1.165) is 23.6 Å². The molecule has 0 saturated carbocycles. The van der Waals surface area contributed by atoms with Gasteiger partial charge in [0, 0.05) is 18.3 Å². The van der Waals surface area contributed by atoms with Gasteiger partial charge in [-0.05, 0) is 31.2 Å². The molecule has 0 saturated heterocycles. The van der Waals surface area contributed by atoms with Gasteiger partial charge in [0.1, 0.15) is 5.75 Å². The van der Waals surface area contributed by atoms with Gasteiger partial charge in [0.2, 0.25) is 0 Å². The van der Waals surface area contributed by atoms with Gasteiger partial charge in [0.15, 0.2) is 0 Å². The number of aryl methyl sites for hydroxylation is 1. The first-order valence-electron chi connectivity index (χ1n) is 7.04. The minimum absolute atomic E-state index is 0.0288. The van der Waals surface area contributed by atoms with Gasteiger partial charge in [-0.3, -0.25) is 9.36 Å². The van der Waals surface area contributed by atoms with Crippen molar-refractivity contribution >= 4 is 0 Å². The predicted octanol–water partition coefficient (Wildman–Crippen LogP) is 1.91. The van der Waals surface area contributed by atoms with Crippen molar-refractivity contribution in [2.24, 2.45) is 0 Å². The van der Waals surface area contributed by atoms with Gasteiger partial charge in [0.05, 0.1) is 19.5 Å². The maximum absolute atomic E-state index is 12.0. The molecule has 1 heterocycles. The first kappa shape index (κ1) is 15.3. The van der Waals surface area contributed by atoms with E-state index >= 15 is 0 Å². The zero-order chi connectivity index (χ0) is 15.2. The summed E-state index contributed by atoms with van der Waals surface area (Å²) in [4.78, 5) is 16.2. The fraction of sp³-hybridized carbons (Fsp3) is 0.375. The van der Waals surface area contributed by atoms with Gasteiger partial charge in [-0.2, -0.15) is 0 Å². The molecule has 0 fully saturated rings. The predicted molar refractivity (Wildman–Crippen MR) is 82.6 cm³/mol. The Kier molecular flexibility index (Phi) is 5.11. The summed E-state index contributed by atoms with van der Waals surface area (Å²) in [5.74, 6) is 0.822. The molecule has 0 radical (unpaired) electrons. The number of benzene rings is 1. The van der Waals surface area contributed by atoms with Gasteiger partial charge in [-0.1, -0.05) is 19.1 Å². The first-order valence-corrected chi connectivity index (χ1v) is 7.04. The normalized spacial score (nSPS) is 12.1. The second-order valence-electron chi connectivity index (χ2n) is 4.90. The van der Waals surface area contributed by atoms with E-state index < -0.39 is 0 Å². The van der Waals surface area contributed by atoms with Crippen LogP contribution in [0.1, 0.15) is 24.2 Å². The van der Waals surface area contributed by atoms with E-state index in [9.17, 15) is 4.79 Å². The third-order valence-electron chi connectivity index (χ3n) is 3.36.